The van der Waals surface area contributed by atoms with E-state index in [2.05, 4.69) is 5.32 Å². The minimum Gasteiger partial charge on any atom is -0.455 e. The molecule has 1 aromatic rings. The minimum atomic E-state index is -0.385. The van der Waals surface area contributed by atoms with Crippen LogP contribution in [-0.2, 0) is 19.1 Å². The van der Waals surface area contributed by atoms with E-state index in [4.69, 9.17) is 16.3 Å². The fraction of sp³-hybridized carbons (Fsp3) is 0.471. The smallest absolute Gasteiger partial charge is 0.309 e. The van der Waals surface area contributed by atoms with Crippen molar-refractivity contribution in [2.45, 2.75) is 26.7 Å². The predicted molar refractivity (Wildman–Crippen MR) is 90.8 cm³/mol. The molecule has 0 spiro atoms. The number of nitrogens with zero attached hydrogens (tertiary/aromatic N) is 1. The number of carbonyl (C=O) groups is 3. The monoisotopic (exact) mass is 352 g/mol. The number of esters is 1. The molecular weight excluding hydrogens is 332 g/mol. The first-order chi connectivity index (χ1) is 11.4. The SMILES string of the molecule is CCN(CC(=O)Nc1cc(Cl)ccc1C)C(=O)COC(=O)C1CC1. The molecule has 1 aliphatic carbocycles. The average Bonchev–Trinajstić information content (AvgIpc) is 3.38. The van der Waals surface area contributed by atoms with Crippen LogP contribution in [0.4, 0.5) is 5.69 Å². The first kappa shape index (κ1) is 18.3. The molecule has 130 valence electrons. The van der Waals surface area contributed by atoms with Crippen molar-refractivity contribution >= 4 is 35.1 Å². The molecule has 7 heteroatoms. The quantitative estimate of drug-likeness (QED) is 0.764. The molecule has 1 aromatic carbocycles. The Morgan fingerprint density at radius 2 is 2.04 bits per heavy atom. The molecule has 24 heavy (non-hydrogen) atoms. The fourth-order valence-electron chi connectivity index (χ4n) is 2.13. The van der Waals surface area contributed by atoms with Crippen LogP contribution in [0.1, 0.15) is 25.3 Å². The molecule has 2 rings (SSSR count). The number of anilines is 1. The lowest BCUT2D eigenvalue weighted by atomic mass is 10.2. The number of benzene rings is 1. The second-order valence-corrected chi connectivity index (χ2v) is 6.23. The molecule has 0 unspecified atom stereocenters. The van der Waals surface area contributed by atoms with E-state index in [1.807, 2.05) is 6.92 Å². The van der Waals surface area contributed by atoms with E-state index in [1.165, 1.54) is 4.90 Å². The van der Waals surface area contributed by atoms with Crippen molar-refractivity contribution in [1.82, 2.24) is 4.90 Å². The largest absolute Gasteiger partial charge is 0.455 e. The molecule has 0 atom stereocenters. The van der Waals surface area contributed by atoms with Crippen LogP contribution in [0.5, 0.6) is 0 Å². The third-order valence-electron chi connectivity index (χ3n) is 3.79. The van der Waals surface area contributed by atoms with Crippen molar-refractivity contribution in [1.29, 1.82) is 0 Å². The zero-order valence-corrected chi connectivity index (χ0v) is 14.6. The van der Waals surface area contributed by atoms with Crippen LogP contribution in [0.15, 0.2) is 18.2 Å². The van der Waals surface area contributed by atoms with Crippen molar-refractivity contribution in [3.05, 3.63) is 28.8 Å². The van der Waals surface area contributed by atoms with E-state index < -0.39 is 0 Å². The lowest BCUT2D eigenvalue weighted by Crippen LogP contribution is -2.40. The van der Waals surface area contributed by atoms with E-state index in [0.29, 0.717) is 17.3 Å². The van der Waals surface area contributed by atoms with Gasteiger partial charge in [-0.1, -0.05) is 17.7 Å². The van der Waals surface area contributed by atoms with Crippen LogP contribution < -0.4 is 5.32 Å². The van der Waals surface area contributed by atoms with Gasteiger partial charge in [0, 0.05) is 17.3 Å². The number of aryl methyl sites for hydroxylation is 1. The third-order valence-corrected chi connectivity index (χ3v) is 4.03. The highest BCUT2D eigenvalue weighted by Gasteiger charge is 2.32. The Morgan fingerprint density at radius 3 is 2.67 bits per heavy atom. The van der Waals surface area contributed by atoms with Gasteiger partial charge in [0.25, 0.3) is 5.91 Å². The van der Waals surface area contributed by atoms with Gasteiger partial charge in [-0.2, -0.15) is 0 Å². The molecule has 6 nitrogen and oxygen atoms in total. The van der Waals surface area contributed by atoms with Gasteiger partial charge >= 0.3 is 5.97 Å². The Morgan fingerprint density at radius 1 is 1.33 bits per heavy atom. The Labute approximate surface area is 146 Å². The molecule has 0 saturated heterocycles. The summed E-state index contributed by atoms with van der Waals surface area (Å²) in [6.45, 7) is 3.53. The zero-order chi connectivity index (χ0) is 17.7. The highest BCUT2D eigenvalue weighted by atomic mass is 35.5. The normalized spacial score (nSPS) is 13.3. The number of rotatable bonds is 7. The number of nitrogens with one attached hydrogen (secondary N) is 1. The van der Waals surface area contributed by atoms with Gasteiger partial charge in [0.1, 0.15) is 0 Å². The standard InChI is InChI=1S/C17H21ClN2O4/c1-3-20(16(22)10-24-17(23)12-5-6-12)9-15(21)19-14-8-13(18)7-4-11(14)2/h4,7-8,12H,3,5-6,9-10H2,1-2H3,(H,19,21). The van der Waals surface area contributed by atoms with Gasteiger partial charge in [-0.05, 0) is 44.4 Å². The maximum atomic E-state index is 12.2. The van der Waals surface area contributed by atoms with Crippen LogP contribution in [0.25, 0.3) is 0 Å². The van der Waals surface area contributed by atoms with Crippen molar-refractivity contribution in [2.24, 2.45) is 5.92 Å². The highest BCUT2D eigenvalue weighted by Crippen LogP contribution is 2.30. The molecule has 0 radical (unpaired) electrons. The third kappa shape index (κ3) is 5.23. The van der Waals surface area contributed by atoms with Crippen LogP contribution in [0, 0.1) is 12.8 Å². The van der Waals surface area contributed by atoms with Gasteiger partial charge in [-0.3, -0.25) is 14.4 Å². The highest BCUT2D eigenvalue weighted by molar-refractivity contribution is 6.31. The van der Waals surface area contributed by atoms with E-state index in [9.17, 15) is 14.4 Å². The molecule has 1 saturated carbocycles. The van der Waals surface area contributed by atoms with Crippen molar-refractivity contribution < 1.29 is 19.1 Å². The summed E-state index contributed by atoms with van der Waals surface area (Å²) in [6.07, 6.45) is 1.65. The summed E-state index contributed by atoms with van der Waals surface area (Å²) in [5.41, 5.74) is 1.48. The Kier molecular flexibility index (Phi) is 6.20. The van der Waals surface area contributed by atoms with E-state index >= 15 is 0 Å². The van der Waals surface area contributed by atoms with Crippen LogP contribution >= 0.6 is 11.6 Å². The number of likely N-dealkylation sites (N-methyl/N-ethyl adjacent to an activating group) is 1. The van der Waals surface area contributed by atoms with Gasteiger partial charge in [-0.25, -0.2) is 0 Å². The molecule has 0 heterocycles. The molecule has 0 aliphatic heterocycles. The van der Waals surface area contributed by atoms with Crippen molar-refractivity contribution in [2.75, 3.05) is 25.0 Å². The molecular formula is C17H21ClN2O4. The van der Waals surface area contributed by atoms with Crippen molar-refractivity contribution in [3.8, 4) is 0 Å². The minimum absolute atomic E-state index is 0.0537. The summed E-state index contributed by atoms with van der Waals surface area (Å²) in [4.78, 5) is 37.0. The Bertz CT molecular complexity index is 643. The molecule has 1 N–H and O–H groups in total. The van der Waals surface area contributed by atoms with E-state index in [-0.39, 0.29) is 36.9 Å². The summed E-state index contributed by atoms with van der Waals surface area (Å²) in [7, 11) is 0. The fourth-order valence-corrected chi connectivity index (χ4v) is 2.30. The van der Waals surface area contributed by atoms with E-state index in [1.54, 1.807) is 25.1 Å². The predicted octanol–water partition coefficient (Wildman–Crippen LogP) is 2.39. The molecule has 0 aromatic heterocycles. The average molecular weight is 353 g/mol. The zero-order valence-electron chi connectivity index (χ0n) is 13.8. The maximum absolute atomic E-state index is 12.2. The number of ether oxygens (including phenoxy) is 1. The lowest BCUT2D eigenvalue weighted by molar-refractivity contribution is -0.153. The van der Waals surface area contributed by atoms with Crippen molar-refractivity contribution in [3.63, 3.8) is 0 Å². The first-order valence-electron chi connectivity index (χ1n) is 7.91. The van der Waals surface area contributed by atoms with Crippen LogP contribution in [0.3, 0.4) is 0 Å². The summed E-state index contributed by atoms with van der Waals surface area (Å²) < 4.78 is 4.97. The van der Waals surface area contributed by atoms with Gasteiger partial charge in [-0.15, -0.1) is 0 Å². The lowest BCUT2D eigenvalue weighted by Gasteiger charge is -2.20. The van der Waals surface area contributed by atoms with Crippen LogP contribution in [0.2, 0.25) is 5.02 Å². The summed E-state index contributed by atoms with van der Waals surface area (Å²) in [5, 5.41) is 3.26. The van der Waals surface area contributed by atoms with Gasteiger partial charge in [0.15, 0.2) is 6.61 Å². The maximum Gasteiger partial charge on any atom is 0.309 e. The summed E-state index contributed by atoms with van der Waals surface area (Å²) in [5.74, 6) is -1.10. The second kappa shape index (κ2) is 8.15. The van der Waals surface area contributed by atoms with Crippen LogP contribution in [-0.4, -0.2) is 42.4 Å². The van der Waals surface area contributed by atoms with E-state index in [0.717, 1.165) is 18.4 Å². The summed E-state index contributed by atoms with van der Waals surface area (Å²) >= 11 is 5.92. The topological polar surface area (TPSA) is 75.7 Å². The number of hydrogen-bond donors (Lipinski definition) is 1. The first-order valence-corrected chi connectivity index (χ1v) is 8.29. The van der Waals surface area contributed by atoms with Gasteiger partial charge in [0.2, 0.25) is 5.91 Å². The summed E-state index contributed by atoms with van der Waals surface area (Å²) in [6, 6.07) is 5.20. The molecule has 2 amide bonds. The number of halogens is 1. The number of amides is 2. The van der Waals surface area contributed by atoms with Gasteiger partial charge < -0.3 is 15.0 Å². The molecule has 1 fully saturated rings. The van der Waals surface area contributed by atoms with Gasteiger partial charge in [0.05, 0.1) is 12.5 Å². The Balaban J connectivity index is 1.86. The second-order valence-electron chi connectivity index (χ2n) is 5.80. The number of carbonyl (C=O) groups excluding carboxylic acids is 3. The number of hydrogen-bond acceptors (Lipinski definition) is 4. The molecule has 1 aliphatic rings. The molecule has 0 bridgehead atoms. The Hall–Kier alpha value is -2.08.